The van der Waals surface area contributed by atoms with Crippen molar-refractivity contribution in [1.82, 2.24) is 0 Å². The molecule has 0 aliphatic carbocycles. The van der Waals surface area contributed by atoms with Crippen LogP contribution in [0.3, 0.4) is 0 Å². The molecule has 2 aromatic rings. The van der Waals surface area contributed by atoms with Crippen LogP contribution in [-0.2, 0) is 0 Å². The Hall–Kier alpha value is -1.56. The molecule has 0 aromatic heterocycles. The van der Waals surface area contributed by atoms with Crippen molar-refractivity contribution in [3.05, 3.63) is 59.7 Å². The molecule has 0 fully saturated rings. The van der Waals surface area contributed by atoms with Gasteiger partial charge in [-0.2, -0.15) is 0 Å². The molecule has 100 valence electrons. The van der Waals surface area contributed by atoms with Crippen molar-refractivity contribution >= 4 is 55.3 Å². The average Bonchev–Trinajstić information content (AvgIpc) is 2.39. The SMILES string of the molecule is O=C(Nc1ccc(C(=O)O)c(O)c1)c1ccccc1.[CaH2]. The van der Waals surface area contributed by atoms with Crippen LogP contribution in [0.15, 0.2) is 48.5 Å². The molecule has 0 aliphatic rings. The zero-order valence-electron chi connectivity index (χ0n) is 9.83. The third-order valence-electron chi connectivity index (χ3n) is 2.52. The first kappa shape index (κ1) is 16.5. The molecule has 0 atom stereocenters. The molecule has 3 N–H and O–H groups in total. The number of aromatic carboxylic acids is 1. The van der Waals surface area contributed by atoms with Gasteiger partial charge in [0, 0.05) is 17.3 Å². The number of hydrogen-bond acceptors (Lipinski definition) is 3. The fraction of sp³-hybridized carbons (Fsp3) is 0. The van der Waals surface area contributed by atoms with E-state index in [9.17, 15) is 14.7 Å². The maximum atomic E-state index is 11.8. The molecule has 6 heteroatoms. The molecule has 0 saturated heterocycles. The second-order valence-electron chi connectivity index (χ2n) is 3.86. The summed E-state index contributed by atoms with van der Waals surface area (Å²) in [5, 5.41) is 20.9. The van der Waals surface area contributed by atoms with Crippen LogP contribution in [-0.4, -0.2) is 59.8 Å². The standard InChI is InChI=1S/C14H11NO4.Ca.2H/c16-12-8-10(6-7-11(12)14(18)19)15-13(17)9-4-2-1-3-5-9;;;/h1-8,16H,(H,15,17)(H,18,19);;;. The fourth-order valence-corrected chi connectivity index (χ4v) is 1.58. The van der Waals surface area contributed by atoms with Gasteiger partial charge in [0.25, 0.3) is 5.91 Å². The molecule has 2 rings (SSSR count). The Morgan fingerprint density at radius 1 is 1.00 bits per heavy atom. The molecule has 0 bridgehead atoms. The van der Waals surface area contributed by atoms with Gasteiger partial charge in [-0.1, -0.05) is 18.2 Å². The molecule has 0 radical (unpaired) electrons. The number of carbonyl (C=O) groups excluding carboxylic acids is 1. The van der Waals surface area contributed by atoms with E-state index in [-0.39, 0.29) is 49.2 Å². The molecule has 5 nitrogen and oxygen atoms in total. The number of carboxylic acids is 1. The van der Waals surface area contributed by atoms with E-state index in [1.807, 2.05) is 0 Å². The molecule has 0 unspecified atom stereocenters. The summed E-state index contributed by atoms with van der Waals surface area (Å²) in [6.45, 7) is 0. The van der Waals surface area contributed by atoms with E-state index in [4.69, 9.17) is 5.11 Å². The van der Waals surface area contributed by atoms with Gasteiger partial charge in [-0.15, -0.1) is 0 Å². The van der Waals surface area contributed by atoms with E-state index in [0.29, 0.717) is 11.3 Å². The van der Waals surface area contributed by atoms with Crippen LogP contribution in [0.5, 0.6) is 5.75 Å². The Morgan fingerprint density at radius 2 is 1.65 bits per heavy atom. The Bertz CT molecular complexity index is 628. The third-order valence-corrected chi connectivity index (χ3v) is 2.52. The fourth-order valence-electron chi connectivity index (χ4n) is 1.58. The number of rotatable bonds is 3. The van der Waals surface area contributed by atoms with Crippen molar-refractivity contribution in [1.29, 1.82) is 0 Å². The molecule has 0 heterocycles. The normalized spacial score (nSPS) is 9.40. The summed E-state index contributed by atoms with van der Waals surface area (Å²) >= 11 is 0. The van der Waals surface area contributed by atoms with E-state index >= 15 is 0 Å². The van der Waals surface area contributed by atoms with Crippen molar-refractivity contribution in [2.24, 2.45) is 0 Å². The molecule has 0 spiro atoms. The second kappa shape index (κ2) is 7.28. The van der Waals surface area contributed by atoms with Crippen molar-refractivity contribution in [2.75, 3.05) is 5.32 Å². The molecule has 0 aliphatic heterocycles. The molecular formula is C14H13CaNO4. The van der Waals surface area contributed by atoms with Gasteiger partial charge in [0.15, 0.2) is 0 Å². The molecular weight excluding hydrogens is 286 g/mol. The Morgan fingerprint density at radius 3 is 2.20 bits per heavy atom. The van der Waals surface area contributed by atoms with E-state index < -0.39 is 11.7 Å². The van der Waals surface area contributed by atoms with Gasteiger partial charge in [-0.3, -0.25) is 4.79 Å². The van der Waals surface area contributed by atoms with Crippen molar-refractivity contribution in [3.8, 4) is 5.75 Å². The zero-order chi connectivity index (χ0) is 13.8. The summed E-state index contributed by atoms with van der Waals surface area (Å²) in [5.74, 6) is -1.94. The zero-order valence-corrected chi connectivity index (χ0v) is 9.83. The predicted molar refractivity (Wildman–Crippen MR) is 78.0 cm³/mol. The number of carbonyl (C=O) groups is 2. The Kier molecular flexibility index (Phi) is 6.01. The summed E-state index contributed by atoms with van der Waals surface area (Å²) in [4.78, 5) is 22.6. The number of nitrogens with one attached hydrogen (secondary N) is 1. The molecule has 1 amide bonds. The maximum absolute atomic E-state index is 11.8. The van der Waals surface area contributed by atoms with Crippen molar-refractivity contribution in [2.45, 2.75) is 0 Å². The van der Waals surface area contributed by atoms with E-state index in [0.717, 1.165) is 0 Å². The van der Waals surface area contributed by atoms with Gasteiger partial charge in [0.2, 0.25) is 0 Å². The minimum atomic E-state index is -1.22. The summed E-state index contributed by atoms with van der Waals surface area (Å²) in [7, 11) is 0. The quantitative estimate of drug-likeness (QED) is 0.748. The monoisotopic (exact) mass is 299 g/mol. The van der Waals surface area contributed by atoms with Crippen LogP contribution in [0, 0.1) is 0 Å². The van der Waals surface area contributed by atoms with Gasteiger partial charge in [0.1, 0.15) is 11.3 Å². The first-order valence-electron chi connectivity index (χ1n) is 5.50. The third kappa shape index (κ3) is 3.96. The average molecular weight is 299 g/mol. The van der Waals surface area contributed by atoms with Gasteiger partial charge < -0.3 is 15.5 Å². The van der Waals surface area contributed by atoms with Gasteiger partial charge >= 0.3 is 43.7 Å². The second-order valence-corrected chi connectivity index (χ2v) is 3.86. The number of aromatic hydroxyl groups is 1. The number of phenols is 1. The van der Waals surface area contributed by atoms with Crippen LogP contribution >= 0.6 is 0 Å². The molecule has 2 aromatic carbocycles. The first-order chi connectivity index (χ1) is 9.08. The molecule has 0 saturated carbocycles. The van der Waals surface area contributed by atoms with Crippen LogP contribution in [0.4, 0.5) is 5.69 Å². The van der Waals surface area contributed by atoms with Crippen LogP contribution < -0.4 is 5.32 Å². The minimum absolute atomic E-state index is 0. The first-order valence-corrected chi connectivity index (χ1v) is 5.50. The summed E-state index contributed by atoms with van der Waals surface area (Å²) in [6.07, 6.45) is 0. The number of anilines is 1. The Balaban J connectivity index is 0.00000200. The van der Waals surface area contributed by atoms with Gasteiger partial charge in [-0.25, -0.2) is 4.79 Å². The van der Waals surface area contributed by atoms with Gasteiger partial charge in [0.05, 0.1) is 0 Å². The summed E-state index contributed by atoms with van der Waals surface area (Å²) in [6, 6.07) is 12.4. The van der Waals surface area contributed by atoms with Crippen molar-refractivity contribution in [3.63, 3.8) is 0 Å². The molecule has 20 heavy (non-hydrogen) atoms. The van der Waals surface area contributed by atoms with E-state index in [2.05, 4.69) is 5.32 Å². The van der Waals surface area contributed by atoms with E-state index in [1.165, 1.54) is 18.2 Å². The topological polar surface area (TPSA) is 86.6 Å². The van der Waals surface area contributed by atoms with Gasteiger partial charge in [-0.05, 0) is 24.3 Å². The van der Waals surface area contributed by atoms with E-state index in [1.54, 1.807) is 30.3 Å². The summed E-state index contributed by atoms with van der Waals surface area (Å²) in [5.41, 5.74) is 0.596. The van der Waals surface area contributed by atoms with Crippen LogP contribution in [0.1, 0.15) is 20.7 Å². The number of amides is 1. The van der Waals surface area contributed by atoms with Crippen molar-refractivity contribution < 1.29 is 19.8 Å². The summed E-state index contributed by atoms with van der Waals surface area (Å²) < 4.78 is 0. The predicted octanol–water partition coefficient (Wildman–Crippen LogP) is 1.43. The number of benzene rings is 2. The number of hydrogen-bond donors (Lipinski definition) is 3. The van der Waals surface area contributed by atoms with Crippen LogP contribution in [0.2, 0.25) is 0 Å². The van der Waals surface area contributed by atoms with Crippen LogP contribution in [0.25, 0.3) is 0 Å². The number of carboxylic acid groups (broad SMARTS) is 1. The Labute approximate surface area is 145 Å².